The molecule has 2 atom stereocenters. The first kappa shape index (κ1) is 20.9. The number of aliphatic hydroxyl groups excluding tert-OH is 1. The first-order valence-electron chi connectivity index (χ1n) is 10.9. The van der Waals surface area contributed by atoms with Gasteiger partial charge in [-0.1, -0.05) is 62.7 Å². The average molecular weight is 382 g/mol. The molecule has 3 rings (SSSR count). The van der Waals surface area contributed by atoms with Crippen molar-refractivity contribution in [2.45, 2.75) is 77.7 Å². The Morgan fingerprint density at radius 2 is 1.89 bits per heavy atom. The standard InChI is InChI=1S/C25H35NO2/c1-3-5-14-25(27)26(17-4-2)22-15-16-23-21(18-22)12-9-13-24(23)28-19-20-10-7-6-8-11-20/h6-13,22,25,27H,3-5,14-19H2,1-2H3. The van der Waals surface area contributed by atoms with Crippen molar-refractivity contribution in [1.29, 1.82) is 0 Å². The molecule has 28 heavy (non-hydrogen) atoms. The van der Waals surface area contributed by atoms with Crippen LogP contribution < -0.4 is 4.74 Å². The maximum Gasteiger partial charge on any atom is 0.123 e. The minimum atomic E-state index is -0.316. The fraction of sp³-hybridized carbons (Fsp3) is 0.520. The van der Waals surface area contributed by atoms with E-state index < -0.39 is 0 Å². The Labute approximate surface area is 170 Å². The summed E-state index contributed by atoms with van der Waals surface area (Å²) in [4.78, 5) is 2.34. The van der Waals surface area contributed by atoms with Crippen LogP contribution in [0.15, 0.2) is 48.5 Å². The highest BCUT2D eigenvalue weighted by molar-refractivity contribution is 5.42. The molecule has 2 unspecified atom stereocenters. The van der Waals surface area contributed by atoms with Crippen LogP contribution in [0.3, 0.4) is 0 Å². The number of benzene rings is 2. The van der Waals surface area contributed by atoms with E-state index in [9.17, 15) is 5.11 Å². The van der Waals surface area contributed by atoms with E-state index in [1.807, 2.05) is 6.07 Å². The minimum absolute atomic E-state index is 0.316. The molecule has 2 aromatic carbocycles. The summed E-state index contributed by atoms with van der Waals surface area (Å²) in [6.45, 7) is 5.96. The number of fused-ring (bicyclic) bond motifs is 1. The van der Waals surface area contributed by atoms with E-state index in [0.717, 1.165) is 57.2 Å². The fourth-order valence-corrected chi connectivity index (χ4v) is 4.29. The van der Waals surface area contributed by atoms with Gasteiger partial charge in [0.25, 0.3) is 0 Å². The molecule has 0 saturated heterocycles. The number of unbranched alkanes of at least 4 members (excludes halogenated alkanes) is 1. The van der Waals surface area contributed by atoms with Crippen LogP contribution in [0, 0.1) is 0 Å². The number of ether oxygens (including phenoxy) is 1. The Bertz CT molecular complexity index is 716. The third kappa shape index (κ3) is 5.36. The molecule has 1 N–H and O–H groups in total. The number of aliphatic hydroxyl groups is 1. The lowest BCUT2D eigenvalue weighted by Crippen LogP contribution is -2.46. The van der Waals surface area contributed by atoms with Gasteiger partial charge in [0.05, 0.1) is 0 Å². The number of rotatable bonds is 10. The third-order valence-electron chi connectivity index (χ3n) is 5.80. The van der Waals surface area contributed by atoms with Gasteiger partial charge in [0.15, 0.2) is 0 Å². The first-order chi connectivity index (χ1) is 13.7. The second-order valence-electron chi connectivity index (χ2n) is 7.93. The van der Waals surface area contributed by atoms with Crippen LogP contribution in [0.4, 0.5) is 0 Å². The minimum Gasteiger partial charge on any atom is -0.489 e. The predicted molar refractivity (Wildman–Crippen MR) is 116 cm³/mol. The zero-order chi connectivity index (χ0) is 19.8. The van der Waals surface area contributed by atoms with Gasteiger partial charge in [-0.3, -0.25) is 4.90 Å². The Hall–Kier alpha value is -1.84. The molecule has 0 aromatic heterocycles. The van der Waals surface area contributed by atoms with Crippen LogP contribution in [0.1, 0.15) is 62.6 Å². The molecule has 1 aliphatic carbocycles. The van der Waals surface area contributed by atoms with Crippen LogP contribution in [0.2, 0.25) is 0 Å². The molecule has 0 bridgehead atoms. The molecule has 0 heterocycles. The summed E-state index contributed by atoms with van der Waals surface area (Å²) in [6, 6.07) is 17.2. The molecule has 0 aliphatic heterocycles. The van der Waals surface area contributed by atoms with Gasteiger partial charge in [0.1, 0.15) is 18.6 Å². The molecule has 3 heteroatoms. The van der Waals surface area contributed by atoms with Gasteiger partial charge in [-0.2, -0.15) is 0 Å². The molecule has 152 valence electrons. The molecule has 1 aliphatic rings. The molecular formula is C25H35NO2. The van der Waals surface area contributed by atoms with Crippen molar-refractivity contribution in [1.82, 2.24) is 4.90 Å². The van der Waals surface area contributed by atoms with Gasteiger partial charge in [0.2, 0.25) is 0 Å². The zero-order valence-electron chi connectivity index (χ0n) is 17.4. The van der Waals surface area contributed by atoms with Gasteiger partial charge in [0, 0.05) is 12.6 Å². The Balaban J connectivity index is 1.68. The molecule has 0 amide bonds. The molecule has 0 saturated carbocycles. The summed E-state index contributed by atoms with van der Waals surface area (Å²) in [5.74, 6) is 1.02. The summed E-state index contributed by atoms with van der Waals surface area (Å²) in [6.07, 6.45) is 6.96. The monoisotopic (exact) mass is 381 g/mol. The summed E-state index contributed by atoms with van der Waals surface area (Å²) >= 11 is 0. The lowest BCUT2D eigenvalue weighted by atomic mass is 9.86. The third-order valence-corrected chi connectivity index (χ3v) is 5.80. The van der Waals surface area contributed by atoms with Crippen molar-refractivity contribution in [3.05, 3.63) is 65.2 Å². The molecule has 2 aromatic rings. The van der Waals surface area contributed by atoms with E-state index in [1.165, 1.54) is 16.7 Å². The van der Waals surface area contributed by atoms with Crippen LogP contribution in [0.5, 0.6) is 5.75 Å². The van der Waals surface area contributed by atoms with Crippen molar-refractivity contribution in [3.8, 4) is 5.75 Å². The highest BCUT2D eigenvalue weighted by Crippen LogP contribution is 2.33. The van der Waals surface area contributed by atoms with Crippen molar-refractivity contribution in [3.63, 3.8) is 0 Å². The second-order valence-corrected chi connectivity index (χ2v) is 7.93. The zero-order valence-corrected chi connectivity index (χ0v) is 17.4. The largest absolute Gasteiger partial charge is 0.489 e. The van der Waals surface area contributed by atoms with Gasteiger partial charge in [-0.05, 0) is 61.3 Å². The van der Waals surface area contributed by atoms with Gasteiger partial charge >= 0.3 is 0 Å². The molecule has 0 spiro atoms. The maximum atomic E-state index is 10.7. The Morgan fingerprint density at radius 3 is 2.64 bits per heavy atom. The van der Waals surface area contributed by atoms with Crippen LogP contribution in [-0.4, -0.2) is 28.8 Å². The quantitative estimate of drug-likeness (QED) is 0.564. The highest BCUT2D eigenvalue weighted by atomic mass is 16.5. The SMILES string of the molecule is CCCCC(O)N(CCC)C1CCc2c(cccc2OCc2ccccc2)C1. The van der Waals surface area contributed by atoms with E-state index >= 15 is 0 Å². The molecular weight excluding hydrogens is 346 g/mol. The first-order valence-corrected chi connectivity index (χ1v) is 10.9. The Morgan fingerprint density at radius 1 is 1.07 bits per heavy atom. The molecule has 0 radical (unpaired) electrons. The van der Waals surface area contributed by atoms with Crippen molar-refractivity contribution >= 4 is 0 Å². The molecule has 0 fully saturated rings. The smallest absolute Gasteiger partial charge is 0.123 e. The predicted octanol–water partition coefficient (Wildman–Crippen LogP) is 5.34. The summed E-state index contributed by atoms with van der Waals surface area (Å²) in [7, 11) is 0. The Kier molecular flexibility index (Phi) is 7.93. The number of nitrogens with zero attached hydrogens (tertiary/aromatic N) is 1. The van der Waals surface area contributed by atoms with Gasteiger partial charge in [-0.15, -0.1) is 0 Å². The van der Waals surface area contributed by atoms with E-state index in [0.29, 0.717) is 12.6 Å². The summed E-state index contributed by atoms with van der Waals surface area (Å²) in [5, 5.41) is 10.7. The van der Waals surface area contributed by atoms with Crippen LogP contribution in [0.25, 0.3) is 0 Å². The van der Waals surface area contributed by atoms with Crippen molar-refractivity contribution in [2.75, 3.05) is 6.54 Å². The van der Waals surface area contributed by atoms with Crippen LogP contribution in [-0.2, 0) is 19.4 Å². The van der Waals surface area contributed by atoms with Gasteiger partial charge in [-0.25, -0.2) is 0 Å². The van der Waals surface area contributed by atoms with Crippen molar-refractivity contribution < 1.29 is 9.84 Å². The lowest BCUT2D eigenvalue weighted by molar-refractivity contribution is -0.0350. The van der Waals surface area contributed by atoms with Gasteiger partial charge < -0.3 is 9.84 Å². The van der Waals surface area contributed by atoms with E-state index in [4.69, 9.17) is 4.74 Å². The van der Waals surface area contributed by atoms with Crippen molar-refractivity contribution in [2.24, 2.45) is 0 Å². The normalized spacial score (nSPS) is 17.4. The van der Waals surface area contributed by atoms with Crippen LogP contribution >= 0.6 is 0 Å². The highest BCUT2D eigenvalue weighted by Gasteiger charge is 2.29. The average Bonchev–Trinajstić information content (AvgIpc) is 2.74. The summed E-state index contributed by atoms with van der Waals surface area (Å²) in [5.41, 5.74) is 3.93. The number of hydrogen-bond donors (Lipinski definition) is 1. The maximum absolute atomic E-state index is 10.7. The lowest BCUT2D eigenvalue weighted by Gasteiger charge is -2.38. The topological polar surface area (TPSA) is 32.7 Å². The summed E-state index contributed by atoms with van der Waals surface area (Å²) < 4.78 is 6.17. The number of hydrogen-bond acceptors (Lipinski definition) is 3. The second kappa shape index (κ2) is 10.6. The van der Waals surface area contributed by atoms with E-state index in [1.54, 1.807) is 0 Å². The van der Waals surface area contributed by atoms with E-state index in [2.05, 4.69) is 61.2 Å². The van der Waals surface area contributed by atoms with E-state index in [-0.39, 0.29) is 6.23 Å². The molecule has 3 nitrogen and oxygen atoms in total. The fourth-order valence-electron chi connectivity index (χ4n) is 4.29.